The summed E-state index contributed by atoms with van der Waals surface area (Å²) in [5.74, 6) is 0.997. The molecule has 0 aliphatic heterocycles. The zero-order valence-electron chi connectivity index (χ0n) is 17.6. The molecule has 158 valence electrons. The average Bonchev–Trinajstić information content (AvgIpc) is 3.46. The smallest absolute Gasteiger partial charge is 0.234 e. The fraction of sp³-hybridized carbons (Fsp3) is 0.682. The second-order valence-corrected chi connectivity index (χ2v) is 8.97. The van der Waals surface area contributed by atoms with Crippen LogP contribution in [-0.2, 0) is 4.79 Å². The van der Waals surface area contributed by atoms with Crippen LogP contribution in [0.15, 0.2) is 18.2 Å². The van der Waals surface area contributed by atoms with E-state index in [0.29, 0.717) is 18.7 Å². The van der Waals surface area contributed by atoms with Crippen molar-refractivity contribution >= 4 is 17.5 Å². The summed E-state index contributed by atoms with van der Waals surface area (Å²) in [6.07, 6.45) is 3.49. The Morgan fingerprint density at radius 2 is 2.04 bits per heavy atom. The summed E-state index contributed by atoms with van der Waals surface area (Å²) >= 11 is 6.05. The lowest BCUT2D eigenvalue weighted by molar-refractivity contribution is -0.121. The Kier molecular flexibility index (Phi) is 9.19. The van der Waals surface area contributed by atoms with Crippen LogP contribution in [-0.4, -0.2) is 51.1 Å². The predicted molar refractivity (Wildman–Crippen MR) is 114 cm³/mol. The van der Waals surface area contributed by atoms with E-state index in [1.165, 1.54) is 12.8 Å². The summed E-state index contributed by atoms with van der Waals surface area (Å²) in [6, 6.07) is 5.26. The number of benzene rings is 1. The number of carbonyl (C=O) groups is 1. The molecule has 1 amide bonds. The molecule has 0 aromatic heterocycles. The van der Waals surface area contributed by atoms with Crippen LogP contribution < -0.4 is 10.6 Å². The molecular formula is C22H35ClFN3O. The summed E-state index contributed by atoms with van der Waals surface area (Å²) in [6.45, 7) is 7.13. The fourth-order valence-electron chi connectivity index (χ4n) is 3.59. The molecule has 3 unspecified atom stereocenters. The number of amides is 1. The van der Waals surface area contributed by atoms with Gasteiger partial charge in [-0.2, -0.15) is 0 Å². The molecule has 1 fully saturated rings. The molecule has 1 aromatic rings. The summed E-state index contributed by atoms with van der Waals surface area (Å²) < 4.78 is 14.8. The van der Waals surface area contributed by atoms with E-state index in [1.807, 2.05) is 31.1 Å². The molecule has 0 bridgehead atoms. The van der Waals surface area contributed by atoms with Crippen molar-refractivity contribution in [3.8, 4) is 0 Å². The lowest BCUT2D eigenvalue weighted by atomic mass is 9.77. The van der Waals surface area contributed by atoms with E-state index in [2.05, 4.69) is 24.5 Å². The number of carbonyl (C=O) groups excluding carboxylic acids is 1. The van der Waals surface area contributed by atoms with Crippen LogP contribution in [0, 0.1) is 23.6 Å². The van der Waals surface area contributed by atoms with Crippen LogP contribution in [0.2, 0.25) is 5.02 Å². The Bertz CT molecular complexity index is 636. The Balaban J connectivity index is 2.00. The van der Waals surface area contributed by atoms with Gasteiger partial charge in [-0.15, -0.1) is 0 Å². The monoisotopic (exact) mass is 411 g/mol. The van der Waals surface area contributed by atoms with Crippen molar-refractivity contribution in [1.29, 1.82) is 0 Å². The summed E-state index contributed by atoms with van der Waals surface area (Å²) in [7, 11) is 3.75. The van der Waals surface area contributed by atoms with Crippen LogP contribution in [0.4, 0.5) is 4.39 Å². The highest BCUT2D eigenvalue weighted by atomic mass is 35.5. The van der Waals surface area contributed by atoms with Gasteiger partial charge in [0.15, 0.2) is 0 Å². The number of nitrogens with zero attached hydrogens (tertiary/aromatic N) is 1. The number of rotatable bonds is 12. The number of hydrogen-bond acceptors (Lipinski definition) is 3. The van der Waals surface area contributed by atoms with Gasteiger partial charge in [0.2, 0.25) is 5.91 Å². The molecule has 1 aliphatic carbocycles. The molecule has 0 saturated heterocycles. The van der Waals surface area contributed by atoms with Gasteiger partial charge in [-0.05, 0) is 81.7 Å². The van der Waals surface area contributed by atoms with Gasteiger partial charge >= 0.3 is 0 Å². The Hall–Kier alpha value is -1.17. The minimum absolute atomic E-state index is 0.0145. The molecule has 2 N–H and O–H groups in total. The zero-order chi connectivity index (χ0) is 20.7. The van der Waals surface area contributed by atoms with Gasteiger partial charge in [-0.25, -0.2) is 4.39 Å². The van der Waals surface area contributed by atoms with Gasteiger partial charge in [0.1, 0.15) is 5.82 Å². The van der Waals surface area contributed by atoms with E-state index in [0.717, 1.165) is 25.4 Å². The number of nitrogens with one attached hydrogen (secondary N) is 2. The molecule has 3 atom stereocenters. The van der Waals surface area contributed by atoms with Crippen LogP contribution >= 0.6 is 11.6 Å². The molecule has 2 rings (SSSR count). The van der Waals surface area contributed by atoms with Gasteiger partial charge in [0.25, 0.3) is 0 Å². The Labute approximate surface area is 174 Å². The molecule has 0 radical (unpaired) electrons. The van der Waals surface area contributed by atoms with Crippen molar-refractivity contribution in [1.82, 2.24) is 15.5 Å². The average molecular weight is 412 g/mol. The van der Waals surface area contributed by atoms with Gasteiger partial charge < -0.3 is 15.5 Å². The van der Waals surface area contributed by atoms with Gasteiger partial charge in [-0.1, -0.05) is 37.6 Å². The van der Waals surface area contributed by atoms with Gasteiger partial charge in [-0.3, -0.25) is 4.79 Å². The maximum Gasteiger partial charge on any atom is 0.234 e. The maximum absolute atomic E-state index is 14.8. The van der Waals surface area contributed by atoms with E-state index >= 15 is 0 Å². The highest BCUT2D eigenvalue weighted by Gasteiger charge is 2.28. The Morgan fingerprint density at radius 3 is 2.68 bits per heavy atom. The molecule has 1 aromatic carbocycles. The number of halogens is 2. The first-order valence-corrected chi connectivity index (χ1v) is 10.7. The highest BCUT2D eigenvalue weighted by Crippen LogP contribution is 2.36. The largest absolute Gasteiger partial charge is 0.355 e. The van der Waals surface area contributed by atoms with E-state index in [1.54, 1.807) is 6.07 Å². The quantitative estimate of drug-likeness (QED) is 0.512. The number of likely N-dealkylation sites (N-methyl/N-ethyl adjacent to an activating group) is 1. The SMILES string of the molecule is CC(CNC(=O)CN(C)C)C(C)C(CCNCC1CC1)c1cccc(Cl)c1F. The van der Waals surface area contributed by atoms with Crippen molar-refractivity contribution in [3.05, 3.63) is 34.6 Å². The van der Waals surface area contributed by atoms with Gasteiger partial charge in [0.05, 0.1) is 11.6 Å². The minimum atomic E-state index is -0.313. The lowest BCUT2D eigenvalue weighted by Crippen LogP contribution is -2.38. The molecule has 4 nitrogen and oxygen atoms in total. The van der Waals surface area contributed by atoms with E-state index in [4.69, 9.17) is 11.6 Å². The third kappa shape index (κ3) is 7.34. The molecule has 0 heterocycles. The van der Waals surface area contributed by atoms with Crippen molar-refractivity contribution in [3.63, 3.8) is 0 Å². The minimum Gasteiger partial charge on any atom is -0.355 e. The van der Waals surface area contributed by atoms with Crippen molar-refractivity contribution < 1.29 is 9.18 Å². The molecule has 28 heavy (non-hydrogen) atoms. The Morgan fingerprint density at radius 1 is 1.32 bits per heavy atom. The zero-order valence-corrected chi connectivity index (χ0v) is 18.4. The first-order valence-electron chi connectivity index (χ1n) is 10.4. The van der Waals surface area contributed by atoms with Crippen molar-refractivity contribution in [2.75, 3.05) is 40.3 Å². The summed E-state index contributed by atoms with van der Waals surface area (Å²) in [4.78, 5) is 13.8. The topological polar surface area (TPSA) is 44.4 Å². The van der Waals surface area contributed by atoms with Crippen LogP contribution in [0.25, 0.3) is 0 Å². The number of hydrogen-bond donors (Lipinski definition) is 2. The summed E-state index contributed by atoms with van der Waals surface area (Å²) in [5, 5.41) is 6.69. The molecule has 6 heteroatoms. The lowest BCUT2D eigenvalue weighted by Gasteiger charge is -2.30. The van der Waals surface area contributed by atoms with E-state index in [-0.39, 0.29) is 34.5 Å². The fourth-order valence-corrected chi connectivity index (χ4v) is 3.78. The first kappa shape index (κ1) is 23.1. The van der Waals surface area contributed by atoms with E-state index in [9.17, 15) is 9.18 Å². The van der Waals surface area contributed by atoms with Crippen LogP contribution in [0.5, 0.6) is 0 Å². The van der Waals surface area contributed by atoms with Crippen LogP contribution in [0.1, 0.15) is 44.6 Å². The molecule has 1 aliphatic rings. The van der Waals surface area contributed by atoms with E-state index < -0.39 is 0 Å². The highest BCUT2D eigenvalue weighted by molar-refractivity contribution is 6.30. The molecule has 1 saturated carbocycles. The standard InChI is InChI=1S/C22H35ClFN3O/c1-15(12-26-21(28)14-27(3)4)16(2)18(10-11-25-13-17-8-9-17)19-6-5-7-20(23)22(19)24/h5-7,15-18,25H,8-14H2,1-4H3,(H,26,28). The predicted octanol–water partition coefficient (Wildman–Crippen LogP) is 3.90. The molecule has 0 spiro atoms. The van der Waals surface area contributed by atoms with Crippen molar-refractivity contribution in [2.45, 2.75) is 39.0 Å². The molecular weight excluding hydrogens is 377 g/mol. The van der Waals surface area contributed by atoms with Crippen LogP contribution in [0.3, 0.4) is 0 Å². The second kappa shape index (κ2) is 11.1. The van der Waals surface area contributed by atoms with Crippen molar-refractivity contribution in [2.24, 2.45) is 17.8 Å². The second-order valence-electron chi connectivity index (χ2n) is 8.56. The van der Waals surface area contributed by atoms with Gasteiger partial charge in [0, 0.05) is 6.54 Å². The third-order valence-electron chi connectivity index (χ3n) is 5.76. The maximum atomic E-state index is 14.8. The first-order chi connectivity index (χ1) is 13.3. The summed E-state index contributed by atoms with van der Waals surface area (Å²) in [5.41, 5.74) is 0.680. The normalized spacial score (nSPS) is 17.4. The third-order valence-corrected chi connectivity index (χ3v) is 6.05.